The fourth-order valence-corrected chi connectivity index (χ4v) is 4.83. The van der Waals surface area contributed by atoms with Crippen LogP contribution in [0, 0.1) is 0 Å². The van der Waals surface area contributed by atoms with Gasteiger partial charge in [-0.3, -0.25) is 4.79 Å². The van der Waals surface area contributed by atoms with Gasteiger partial charge in [-0.2, -0.15) is 0 Å². The summed E-state index contributed by atoms with van der Waals surface area (Å²) in [5.74, 6) is 0.700. The van der Waals surface area contributed by atoms with Gasteiger partial charge >= 0.3 is 0 Å². The first kappa shape index (κ1) is 15.6. The topological polar surface area (TPSA) is 58.6 Å². The quantitative estimate of drug-likeness (QED) is 0.419. The van der Waals surface area contributed by atoms with Crippen LogP contribution in [0.2, 0.25) is 0 Å². The number of thioether (sulfide) groups is 1. The van der Waals surface area contributed by atoms with E-state index >= 15 is 0 Å². The van der Waals surface area contributed by atoms with Gasteiger partial charge in [-0.1, -0.05) is 42.1 Å². The van der Waals surface area contributed by atoms with E-state index in [9.17, 15) is 4.79 Å². The largest absolute Gasteiger partial charge is 0.301 e. The molecular weight excluding hydrogens is 358 g/mol. The maximum absolute atomic E-state index is 12.0. The van der Waals surface area contributed by atoms with Crippen LogP contribution in [-0.4, -0.2) is 15.0 Å². The average Bonchev–Trinajstić information content (AvgIpc) is 3.23. The minimum absolute atomic E-state index is 0.0770. The van der Waals surface area contributed by atoms with Gasteiger partial charge in [0.1, 0.15) is 4.83 Å². The third-order valence-electron chi connectivity index (χ3n) is 3.47. The van der Waals surface area contributed by atoms with E-state index in [-0.39, 0.29) is 5.56 Å². The number of rotatable bonds is 5. The number of hydrogen-bond acceptors (Lipinski definition) is 6. The molecule has 0 unspecified atom stereocenters. The molecule has 24 heavy (non-hydrogen) atoms. The van der Waals surface area contributed by atoms with Gasteiger partial charge < -0.3 is 4.98 Å². The summed E-state index contributed by atoms with van der Waals surface area (Å²) < 4.78 is 0. The van der Waals surface area contributed by atoms with Crippen LogP contribution in [0.4, 0.5) is 0 Å². The summed E-state index contributed by atoms with van der Waals surface area (Å²) in [6.07, 6.45) is 0.854. The van der Waals surface area contributed by atoms with E-state index in [2.05, 4.69) is 32.5 Å². The molecule has 0 fully saturated rings. The van der Waals surface area contributed by atoms with E-state index in [4.69, 9.17) is 0 Å². The fourth-order valence-electron chi connectivity index (χ4n) is 2.32. The molecule has 0 saturated heterocycles. The SMILES string of the molecule is O=c1[nH]c(SCc2csc(Cc3ccccc3)n2)nc2sccc12. The molecule has 0 amide bonds. The highest BCUT2D eigenvalue weighted by Crippen LogP contribution is 2.23. The second-order valence-electron chi connectivity index (χ2n) is 5.19. The van der Waals surface area contributed by atoms with Crippen LogP contribution < -0.4 is 5.56 Å². The molecule has 0 aliphatic rings. The van der Waals surface area contributed by atoms with Crippen LogP contribution in [0.15, 0.2) is 57.1 Å². The molecule has 0 aliphatic heterocycles. The number of nitrogens with one attached hydrogen (secondary N) is 1. The Bertz CT molecular complexity index is 1020. The first-order valence-electron chi connectivity index (χ1n) is 7.35. The first-order valence-corrected chi connectivity index (χ1v) is 10.1. The van der Waals surface area contributed by atoms with Gasteiger partial charge in [0, 0.05) is 17.6 Å². The molecule has 0 radical (unpaired) electrons. The summed E-state index contributed by atoms with van der Waals surface area (Å²) in [4.78, 5) is 24.7. The van der Waals surface area contributed by atoms with Crippen molar-refractivity contribution in [3.8, 4) is 0 Å². The van der Waals surface area contributed by atoms with Crippen molar-refractivity contribution in [3.05, 3.63) is 73.8 Å². The second-order valence-corrected chi connectivity index (χ2v) is 8.00. The zero-order valence-electron chi connectivity index (χ0n) is 12.6. The molecule has 4 rings (SSSR count). The van der Waals surface area contributed by atoms with Gasteiger partial charge in [0.25, 0.3) is 5.56 Å². The monoisotopic (exact) mass is 371 g/mol. The van der Waals surface area contributed by atoms with E-state index in [0.717, 1.165) is 22.0 Å². The zero-order chi connectivity index (χ0) is 16.4. The van der Waals surface area contributed by atoms with Gasteiger partial charge in [-0.25, -0.2) is 9.97 Å². The number of fused-ring (bicyclic) bond motifs is 1. The predicted octanol–water partition coefficient (Wildman–Crippen LogP) is 4.32. The Kier molecular flexibility index (Phi) is 4.46. The van der Waals surface area contributed by atoms with Crippen molar-refractivity contribution < 1.29 is 0 Å². The van der Waals surface area contributed by atoms with Gasteiger partial charge in [0.2, 0.25) is 0 Å². The molecule has 0 aliphatic carbocycles. The molecule has 0 atom stereocenters. The minimum Gasteiger partial charge on any atom is -0.301 e. The minimum atomic E-state index is -0.0770. The van der Waals surface area contributed by atoms with Crippen LogP contribution in [0.5, 0.6) is 0 Å². The molecule has 4 aromatic rings. The van der Waals surface area contributed by atoms with Gasteiger partial charge in [0.05, 0.1) is 16.1 Å². The number of thiophene rings is 1. The maximum Gasteiger partial charge on any atom is 0.260 e. The highest BCUT2D eigenvalue weighted by molar-refractivity contribution is 7.98. The van der Waals surface area contributed by atoms with Crippen LogP contribution in [-0.2, 0) is 12.2 Å². The summed E-state index contributed by atoms with van der Waals surface area (Å²) >= 11 is 4.67. The number of nitrogens with zero attached hydrogens (tertiary/aromatic N) is 2. The van der Waals surface area contributed by atoms with Crippen molar-refractivity contribution in [3.63, 3.8) is 0 Å². The first-order chi connectivity index (χ1) is 11.8. The van der Waals surface area contributed by atoms with Crippen molar-refractivity contribution in [2.45, 2.75) is 17.3 Å². The molecular formula is C17H13N3OS3. The molecule has 4 nitrogen and oxygen atoms in total. The third-order valence-corrected chi connectivity index (χ3v) is 6.08. The summed E-state index contributed by atoms with van der Waals surface area (Å²) in [7, 11) is 0. The van der Waals surface area contributed by atoms with Crippen molar-refractivity contribution in [2.75, 3.05) is 0 Å². The summed E-state index contributed by atoms with van der Waals surface area (Å²) in [5, 5.41) is 6.37. The van der Waals surface area contributed by atoms with E-state index < -0.39 is 0 Å². The number of benzene rings is 1. The molecule has 0 spiro atoms. The molecule has 120 valence electrons. The smallest absolute Gasteiger partial charge is 0.260 e. The molecule has 0 bridgehead atoms. The van der Waals surface area contributed by atoms with Crippen molar-refractivity contribution >= 4 is 44.7 Å². The van der Waals surface area contributed by atoms with Crippen molar-refractivity contribution in [1.82, 2.24) is 15.0 Å². The van der Waals surface area contributed by atoms with E-state index in [1.807, 2.05) is 23.6 Å². The molecule has 7 heteroatoms. The molecule has 1 N–H and O–H groups in total. The molecule has 3 aromatic heterocycles. The number of H-pyrrole nitrogens is 1. The standard InChI is InChI=1S/C17H13N3OS3/c21-15-13-6-7-22-16(13)20-17(19-15)24-10-12-9-23-14(18-12)8-11-4-2-1-3-5-11/h1-7,9H,8,10H2,(H,19,20,21). The lowest BCUT2D eigenvalue weighted by atomic mass is 10.2. The lowest BCUT2D eigenvalue weighted by Crippen LogP contribution is -2.07. The van der Waals surface area contributed by atoms with Gasteiger partial charge in [0.15, 0.2) is 5.16 Å². The van der Waals surface area contributed by atoms with Crippen molar-refractivity contribution in [2.24, 2.45) is 0 Å². The number of hydrogen-bond donors (Lipinski definition) is 1. The Morgan fingerprint density at radius 1 is 1.08 bits per heavy atom. The second kappa shape index (κ2) is 6.88. The summed E-state index contributed by atoms with van der Waals surface area (Å²) in [6.45, 7) is 0. The predicted molar refractivity (Wildman–Crippen MR) is 101 cm³/mol. The Morgan fingerprint density at radius 3 is 2.83 bits per heavy atom. The Balaban J connectivity index is 1.45. The average molecular weight is 372 g/mol. The molecule has 0 saturated carbocycles. The maximum atomic E-state index is 12.0. The van der Waals surface area contributed by atoms with Crippen LogP contribution >= 0.6 is 34.4 Å². The van der Waals surface area contributed by atoms with Crippen LogP contribution in [0.3, 0.4) is 0 Å². The number of aromatic amines is 1. The Labute approximate surface area is 150 Å². The van der Waals surface area contributed by atoms with E-state index in [1.165, 1.54) is 28.7 Å². The molecule has 1 aromatic carbocycles. The number of aromatic nitrogens is 3. The molecule has 3 heterocycles. The van der Waals surface area contributed by atoms with Crippen molar-refractivity contribution in [1.29, 1.82) is 0 Å². The summed E-state index contributed by atoms with van der Waals surface area (Å²) in [5.41, 5.74) is 2.21. The van der Waals surface area contributed by atoms with Gasteiger partial charge in [-0.15, -0.1) is 22.7 Å². The number of thiazole rings is 1. The van der Waals surface area contributed by atoms with E-state index in [1.54, 1.807) is 17.4 Å². The summed E-state index contributed by atoms with van der Waals surface area (Å²) in [6, 6.07) is 12.1. The zero-order valence-corrected chi connectivity index (χ0v) is 15.0. The van der Waals surface area contributed by atoms with E-state index in [0.29, 0.717) is 16.3 Å². The fraction of sp³-hybridized carbons (Fsp3) is 0.118. The van der Waals surface area contributed by atoms with Crippen LogP contribution in [0.25, 0.3) is 10.2 Å². The highest BCUT2D eigenvalue weighted by Gasteiger charge is 2.08. The Morgan fingerprint density at radius 2 is 1.96 bits per heavy atom. The highest BCUT2D eigenvalue weighted by atomic mass is 32.2. The van der Waals surface area contributed by atoms with Gasteiger partial charge in [-0.05, 0) is 17.0 Å². The normalized spacial score (nSPS) is 11.2. The third kappa shape index (κ3) is 3.43. The lowest BCUT2D eigenvalue weighted by Gasteiger charge is -1.99. The Hall–Kier alpha value is -1.96. The van der Waals surface area contributed by atoms with Crippen LogP contribution in [0.1, 0.15) is 16.3 Å². The lowest BCUT2D eigenvalue weighted by molar-refractivity contribution is 0.977.